The molecule has 0 amide bonds. The average molecular weight is 266 g/mol. The van der Waals surface area contributed by atoms with Crippen molar-refractivity contribution in [1.29, 1.82) is 0 Å². The minimum Gasteiger partial charge on any atom is -0.316 e. The van der Waals surface area contributed by atoms with E-state index in [0.29, 0.717) is 5.41 Å². The van der Waals surface area contributed by atoms with Gasteiger partial charge in [0.15, 0.2) is 0 Å². The highest BCUT2D eigenvalue weighted by molar-refractivity contribution is 4.91. The largest absolute Gasteiger partial charge is 0.316 e. The quantitative estimate of drug-likeness (QED) is 0.740. The summed E-state index contributed by atoms with van der Waals surface area (Å²) in [6, 6.07) is 0. The lowest BCUT2D eigenvalue weighted by molar-refractivity contribution is 0.0899. The van der Waals surface area contributed by atoms with Crippen molar-refractivity contribution in [1.82, 2.24) is 10.2 Å². The number of nitrogens with zero attached hydrogens (tertiary/aromatic N) is 1. The van der Waals surface area contributed by atoms with Crippen molar-refractivity contribution in [3.05, 3.63) is 0 Å². The zero-order valence-electron chi connectivity index (χ0n) is 13.4. The molecular formula is C17H34N2. The SMILES string of the molecule is CCCNCC1(CN2CCC(C)C2)CCCC(C)C1. The lowest BCUT2D eigenvalue weighted by Crippen LogP contribution is -2.46. The Morgan fingerprint density at radius 3 is 2.68 bits per heavy atom. The Morgan fingerprint density at radius 2 is 2.05 bits per heavy atom. The van der Waals surface area contributed by atoms with Gasteiger partial charge in [-0.2, -0.15) is 0 Å². The summed E-state index contributed by atoms with van der Waals surface area (Å²) in [6.07, 6.45) is 8.44. The van der Waals surface area contributed by atoms with Gasteiger partial charge in [0.05, 0.1) is 0 Å². The molecular weight excluding hydrogens is 232 g/mol. The van der Waals surface area contributed by atoms with Crippen molar-refractivity contribution in [2.45, 2.75) is 59.3 Å². The van der Waals surface area contributed by atoms with E-state index in [0.717, 1.165) is 11.8 Å². The van der Waals surface area contributed by atoms with Gasteiger partial charge in [-0.25, -0.2) is 0 Å². The fourth-order valence-corrected chi connectivity index (χ4v) is 4.30. The molecule has 1 aliphatic heterocycles. The van der Waals surface area contributed by atoms with Crippen LogP contribution in [0.2, 0.25) is 0 Å². The summed E-state index contributed by atoms with van der Waals surface area (Å²) >= 11 is 0. The third-order valence-corrected chi connectivity index (χ3v) is 5.18. The van der Waals surface area contributed by atoms with Gasteiger partial charge >= 0.3 is 0 Å². The van der Waals surface area contributed by atoms with E-state index in [-0.39, 0.29) is 0 Å². The van der Waals surface area contributed by atoms with Crippen LogP contribution in [-0.4, -0.2) is 37.6 Å². The van der Waals surface area contributed by atoms with Gasteiger partial charge in [0.2, 0.25) is 0 Å². The smallest absolute Gasteiger partial charge is 0.00504 e. The van der Waals surface area contributed by atoms with E-state index in [2.05, 4.69) is 31.0 Å². The highest BCUT2D eigenvalue weighted by Gasteiger charge is 2.37. The maximum Gasteiger partial charge on any atom is 0.00504 e. The predicted molar refractivity (Wildman–Crippen MR) is 83.4 cm³/mol. The van der Waals surface area contributed by atoms with E-state index in [4.69, 9.17) is 0 Å². The van der Waals surface area contributed by atoms with E-state index in [1.54, 1.807) is 0 Å². The lowest BCUT2D eigenvalue weighted by Gasteiger charge is -2.43. The molecule has 2 nitrogen and oxygen atoms in total. The standard InChI is InChI=1S/C17H34N2/c1-4-9-18-13-17(8-5-6-15(2)11-17)14-19-10-7-16(3)12-19/h15-16,18H,4-14H2,1-3H3. The summed E-state index contributed by atoms with van der Waals surface area (Å²) in [5.74, 6) is 1.85. The van der Waals surface area contributed by atoms with Crippen LogP contribution in [0, 0.1) is 17.3 Å². The Morgan fingerprint density at radius 1 is 1.21 bits per heavy atom. The molecule has 3 atom stereocenters. The molecule has 3 unspecified atom stereocenters. The van der Waals surface area contributed by atoms with Crippen LogP contribution < -0.4 is 5.32 Å². The number of hydrogen-bond acceptors (Lipinski definition) is 2. The summed E-state index contributed by atoms with van der Waals surface area (Å²) in [6.45, 7) is 13.6. The summed E-state index contributed by atoms with van der Waals surface area (Å²) in [7, 11) is 0. The fraction of sp³-hybridized carbons (Fsp3) is 1.00. The van der Waals surface area contributed by atoms with Gasteiger partial charge in [0.1, 0.15) is 0 Å². The van der Waals surface area contributed by atoms with Crippen LogP contribution in [0.5, 0.6) is 0 Å². The van der Waals surface area contributed by atoms with E-state index in [1.807, 2.05) is 0 Å². The van der Waals surface area contributed by atoms with E-state index >= 15 is 0 Å². The molecule has 19 heavy (non-hydrogen) atoms. The second-order valence-corrected chi connectivity index (χ2v) is 7.51. The van der Waals surface area contributed by atoms with E-state index in [1.165, 1.54) is 71.2 Å². The molecule has 0 radical (unpaired) electrons. The Hall–Kier alpha value is -0.0800. The first-order valence-corrected chi connectivity index (χ1v) is 8.56. The van der Waals surface area contributed by atoms with Crippen LogP contribution in [0.4, 0.5) is 0 Å². The molecule has 2 heteroatoms. The molecule has 1 saturated carbocycles. The van der Waals surface area contributed by atoms with Crippen molar-refractivity contribution in [3.63, 3.8) is 0 Å². The van der Waals surface area contributed by atoms with Crippen molar-refractivity contribution in [2.24, 2.45) is 17.3 Å². The zero-order valence-corrected chi connectivity index (χ0v) is 13.4. The van der Waals surface area contributed by atoms with Gasteiger partial charge in [0.25, 0.3) is 0 Å². The van der Waals surface area contributed by atoms with Crippen LogP contribution in [0.1, 0.15) is 59.3 Å². The van der Waals surface area contributed by atoms with Crippen LogP contribution in [0.3, 0.4) is 0 Å². The summed E-state index contributed by atoms with van der Waals surface area (Å²) in [5, 5.41) is 3.72. The molecule has 0 aromatic heterocycles. The Labute approximate surface area is 120 Å². The molecule has 0 aromatic rings. The van der Waals surface area contributed by atoms with E-state index < -0.39 is 0 Å². The van der Waals surface area contributed by atoms with Crippen molar-refractivity contribution in [2.75, 3.05) is 32.7 Å². The van der Waals surface area contributed by atoms with Crippen LogP contribution in [0.15, 0.2) is 0 Å². The predicted octanol–water partition coefficient (Wildman–Crippen LogP) is 3.52. The van der Waals surface area contributed by atoms with Gasteiger partial charge in [-0.15, -0.1) is 0 Å². The molecule has 1 heterocycles. The molecule has 2 aliphatic rings. The van der Waals surface area contributed by atoms with Gasteiger partial charge in [-0.05, 0) is 56.0 Å². The molecule has 0 aromatic carbocycles. The summed E-state index contributed by atoms with van der Waals surface area (Å²) in [5.41, 5.74) is 0.566. The number of hydrogen-bond donors (Lipinski definition) is 1. The van der Waals surface area contributed by atoms with Crippen molar-refractivity contribution >= 4 is 0 Å². The minimum atomic E-state index is 0.566. The number of rotatable bonds is 6. The first-order chi connectivity index (χ1) is 9.13. The summed E-state index contributed by atoms with van der Waals surface area (Å²) < 4.78 is 0. The van der Waals surface area contributed by atoms with Crippen LogP contribution in [0.25, 0.3) is 0 Å². The van der Waals surface area contributed by atoms with Gasteiger partial charge in [0, 0.05) is 19.6 Å². The Bertz CT molecular complexity index is 266. The second kappa shape index (κ2) is 7.08. The van der Waals surface area contributed by atoms with Crippen LogP contribution in [-0.2, 0) is 0 Å². The van der Waals surface area contributed by atoms with Gasteiger partial charge < -0.3 is 10.2 Å². The molecule has 1 N–H and O–H groups in total. The van der Waals surface area contributed by atoms with Gasteiger partial charge in [-0.1, -0.05) is 33.6 Å². The normalized spacial score (nSPS) is 36.8. The molecule has 0 spiro atoms. The van der Waals surface area contributed by atoms with Crippen molar-refractivity contribution in [3.8, 4) is 0 Å². The zero-order chi connectivity index (χ0) is 13.7. The highest BCUT2D eigenvalue weighted by Crippen LogP contribution is 2.40. The Balaban J connectivity index is 1.92. The van der Waals surface area contributed by atoms with Crippen molar-refractivity contribution < 1.29 is 0 Å². The molecule has 1 saturated heterocycles. The molecule has 2 fully saturated rings. The maximum atomic E-state index is 3.72. The van der Waals surface area contributed by atoms with Gasteiger partial charge in [-0.3, -0.25) is 0 Å². The molecule has 112 valence electrons. The first kappa shape index (κ1) is 15.3. The maximum absolute atomic E-state index is 3.72. The number of nitrogens with one attached hydrogen (secondary N) is 1. The fourth-order valence-electron chi connectivity index (χ4n) is 4.30. The average Bonchev–Trinajstić information content (AvgIpc) is 2.75. The third kappa shape index (κ3) is 4.46. The molecule has 1 aliphatic carbocycles. The van der Waals surface area contributed by atoms with Crippen LogP contribution >= 0.6 is 0 Å². The minimum absolute atomic E-state index is 0.566. The topological polar surface area (TPSA) is 15.3 Å². The lowest BCUT2D eigenvalue weighted by atomic mass is 9.69. The Kier molecular flexibility index (Phi) is 5.70. The second-order valence-electron chi connectivity index (χ2n) is 7.51. The first-order valence-electron chi connectivity index (χ1n) is 8.56. The number of likely N-dealkylation sites (tertiary alicyclic amines) is 1. The molecule has 2 rings (SSSR count). The summed E-state index contributed by atoms with van der Waals surface area (Å²) in [4.78, 5) is 2.75. The van der Waals surface area contributed by atoms with E-state index in [9.17, 15) is 0 Å². The molecule has 0 bridgehead atoms. The monoisotopic (exact) mass is 266 g/mol. The third-order valence-electron chi connectivity index (χ3n) is 5.18. The highest BCUT2D eigenvalue weighted by atomic mass is 15.2.